The van der Waals surface area contributed by atoms with Crippen LogP contribution in [0.1, 0.15) is 28.4 Å². The van der Waals surface area contributed by atoms with Crippen LogP contribution in [-0.4, -0.2) is 11.8 Å². The molecule has 0 spiro atoms. The summed E-state index contributed by atoms with van der Waals surface area (Å²) < 4.78 is 5.54. The highest BCUT2D eigenvalue weighted by Gasteiger charge is 2.17. The highest BCUT2D eigenvalue weighted by atomic mass is 35.5. The predicted octanol–water partition coefficient (Wildman–Crippen LogP) is 4.21. The minimum atomic E-state index is -0.320. The molecule has 2 nitrogen and oxygen atoms in total. The lowest BCUT2D eigenvalue weighted by molar-refractivity contribution is 0.0290. The molecule has 98 valence electrons. The zero-order valence-corrected chi connectivity index (χ0v) is 11.2. The number of hydrogen-bond donors (Lipinski definition) is 0. The first-order chi connectivity index (χ1) is 9.31. The lowest BCUT2D eigenvalue weighted by atomic mass is 10.1. The van der Waals surface area contributed by atoms with Crippen LogP contribution in [0, 0.1) is 0 Å². The molecule has 0 bridgehead atoms. The van der Waals surface area contributed by atoms with Gasteiger partial charge in [0.2, 0.25) is 0 Å². The van der Waals surface area contributed by atoms with Gasteiger partial charge in [-0.05, 0) is 17.7 Å². The summed E-state index contributed by atoms with van der Waals surface area (Å²) in [7, 11) is 0. The highest BCUT2D eigenvalue weighted by molar-refractivity contribution is 6.17. The normalized spacial score (nSPS) is 11.8. The number of benzene rings is 2. The van der Waals surface area contributed by atoms with Crippen LogP contribution in [0.15, 0.2) is 60.7 Å². The molecule has 3 heteroatoms. The number of carbonyl (C=O) groups excluding carboxylic acids is 1. The molecule has 2 rings (SSSR count). The fourth-order valence-electron chi connectivity index (χ4n) is 1.83. The van der Waals surface area contributed by atoms with Gasteiger partial charge in [-0.1, -0.05) is 48.5 Å². The van der Waals surface area contributed by atoms with Crippen LogP contribution >= 0.6 is 11.6 Å². The molecule has 1 unspecified atom stereocenters. The summed E-state index contributed by atoms with van der Waals surface area (Å²) in [6.45, 7) is 0. The molecule has 0 saturated heterocycles. The number of hydrogen-bond acceptors (Lipinski definition) is 2. The molecule has 0 aliphatic rings. The average Bonchev–Trinajstić information content (AvgIpc) is 2.48. The number of halogens is 1. The summed E-state index contributed by atoms with van der Waals surface area (Å²) >= 11 is 5.78. The standard InChI is InChI=1S/C16H15ClO2/c17-12-11-15(13-7-3-1-4-8-13)19-16(18)14-9-5-2-6-10-14/h1-10,15H,11-12H2. The maximum Gasteiger partial charge on any atom is 0.338 e. The average molecular weight is 275 g/mol. The molecular weight excluding hydrogens is 260 g/mol. The van der Waals surface area contributed by atoms with Crippen molar-refractivity contribution in [3.8, 4) is 0 Å². The van der Waals surface area contributed by atoms with E-state index in [9.17, 15) is 4.79 Å². The van der Waals surface area contributed by atoms with Crippen molar-refractivity contribution in [2.45, 2.75) is 12.5 Å². The molecule has 0 saturated carbocycles. The monoisotopic (exact) mass is 274 g/mol. The van der Waals surface area contributed by atoms with Crippen molar-refractivity contribution < 1.29 is 9.53 Å². The number of alkyl halides is 1. The summed E-state index contributed by atoms with van der Waals surface area (Å²) in [5, 5.41) is 0. The molecular formula is C16H15ClO2. The highest BCUT2D eigenvalue weighted by Crippen LogP contribution is 2.23. The van der Waals surface area contributed by atoms with Crippen LogP contribution < -0.4 is 0 Å². The van der Waals surface area contributed by atoms with Gasteiger partial charge in [0.05, 0.1) is 5.56 Å². The fraction of sp³-hybridized carbons (Fsp3) is 0.188. The van der Waals surface area contributed by atoms with Crippen molar-refractivity contribution >= 4 is 17.6 Å². The van der Waals surface area contributed by atoms with Crippen molar-refractivity contribution in [2.24, 2.45) is 0 Å². The lowest BCUT2D eigenvalue weighted by Crippen LogP contribution is -2.12. The third-order valence-electron chi connectivity index (χ3n) is 2.80. The van der Waals surface area contributed by atoms with Crippen LogP contribution in [-0.2, 0) is 4.74 Å². The minimum absolute atomic E-state index is 0.300. The van der Waals surface area contributed by atoms with Gasteiger partial charge in [-0.2, -0.15) is 0 Å². The molecule has 2 aromatic rings. The smallest absolute Gasteiger partial charge is 0.338 e. The van der Waals surface area contributed by atoms with Crippen molar-refractivity contribution in [3.05, 3.63) is 71.8 Å². The van der Waals surface area contributed by atoms with E-state index >= 15 is 0 Å². The van der Waals surface area contributed by atoms with Crippen molar-refractivity contribution in [1.29, 1.82) is 0 Å². The molecule has 1 atom stereocenters. The Kier molecular flexibility index (Phi) is 4.99. The first kappa shape index (κ1) is 13.6. The quantitative estimate of drug-likeness (QED) is 0.603. The summed E-state index contributed by atoms with van der Waals surface area (Å²) in [6.07, 6.45) is 0.302. The second-order valence-electron chi connectivity index (χ2n) is 4.15. The van der Waals surface area contributed by atoms with E-state index in [0.29, 0.717) is 17.9 Å². The van der Waals surface area contributed by atoms with Crippen LogP contribution in [0.2, 0.25) is 0 Å². The molecule has 0 amide bonds. The number of rotatable bonds is 5. The zero-order chi connectivity index (χ0) is 13.5. The number of ether oxygens (including phenoxy) is 1. The van der Waals surface area contributed by atoms with Gasteiger partial charge in [0.1, 0.15) is 6.10 Å². The van der Waals surface area contributed by atoms with Crippen molar-refractivity contribution in [1.82, 2.24) is 0 Å². The SMILES string of the molecule is O=C(OC(CCCl)c1ccccc1)c1ccccc1. The summed E-state index contributed by atoms with van der Waals surface area (Å²) in [4.78, 5) is 12.0. The molecule has 0 aromatic heterocycles. The largest absolute Gasteiger partial charge is 0.454 e. The summed E-state index contributed by atoms with van der Waals surface area (Å²) in [6, 6.07) is 18.6. The van der Waals surface area contributed by atoms with Crippen LogP contribution in [0.25, 0.3) is 0 Å². The van der Waals surface area contributed by atoms with Crippen molar-refractivity contribution in [3.63, 3.8) is 0 Å². The topological polar surface area (TPSA) is 26.3 Å². The van der Waals surface area contributed by atoms with Gasteiger partial charge in [0.15, 0.2) is 0 Å². The Morgan fingerprint density at radius 1 is 1.00 bits per heavy atom. The molecule has 0 aliphatic heterocycles. The second-order valence-corrected chi connectivity index (χ2v) is 4.53. The predicted molar refractivity (Wildman–Crippen MR) is 76.4 cm³/mol. The van der Waals surface area contributed by atoms with Crippen LogP contribution in [0.3, 0.4) is 0 Å². The Labute approximate surface area is 118 Å². The van der Waals surface area contributed by atoms with Gasteiger partial charge >= 0.3 is 5.97 Å². The molecule has 0 radical (unpaired) electrons. The molecule has 0 fully saturated rings. The Morgan fingerprint density at radius 3 is 2.16 bits per heavy atom. The van der Waals surface area contributed by atoms with E-state index in [0.717, 1.165) is 5.56 Å². The Bertz CT molecular complexity index is 511. The summed E-state index contributed by atoms with van der Waals surface area (Å²) in [5.41, 5.74) is 1.52. The number of esters is 1. The third kappa shape index (κ3) is 3.83. The minimum Gasteiger partial charge on any atom is -0.454 e. The maximum absolute atomic E-state index is 12.0. The van der Waals surface area contributed by atoms with Gasteiger partial charge < -0.3 is 4.74 Å². The first-order valence-corrected chi connectivity index (χ1v) is 6.71. The van der Waals surface area contributed by atoms with Gasteiger partial charge in [0, 0.05) is 12.3 Å². The van der Waals surface area contributed by atoms with Gasteiger partial charge in [0.25, 0.3) is 0 Å². The van der Waals surface area contributed by atoms with E-state index in [1.807, 2.05) is 48.5 Å². The Morgan fingerprint density at radius 2 is 1.58 bits per heavy atom. The van der Waals surface area contributed by atoms with E-state index in [4.69, 9.17) is 16.3 Å². The molecule has 19 heavy (non-hydrogen) atoms. The second kappa shape index (κ2) is 6.95. The molecule has 2 aromatic carbocycles. The molecule has 0 aliphatic carbocycles. The number of carbonyl (C=O) groups is 1. The van der Waals surface area contributed by atoms with Gasteiger partial charge in [-0.3, -0.25) is 0 Å². The maximum atomic E-state index is 12.0. The van der Waals surface area contributed by atoms with E-state index in [1.165, 1.54) is 0 Å². The lowest BCUT2D eigenvalue weighted by Gasteiger charge is -2.17. The van der Waals surface area contributed by atoms with Gasteiger partial charge in [-0.25, -0.2) is 4.79 Å². The molecule has 0 heterocycles. The Hall–Kier alpha value is -1.80. The van der Waals surface area contributed by atoms with E-state index in [-0.39, 0.29) is 12.1 Å². The van der Waals surface area contributed by atoms with Crippen LogP contribution in [0.4, 0.5) is 0 Å². The fourth-order valence-corrected chi connectivity index (χ4v) is 2.03. The first-order valence-electron chi connectivity index (χ1n) is 6.18. The van der Waals surface area contributed by atoms with E-state index in [2.05, 4.69) is 0 Å². The molecule has 0 N–H and O–H groups in total. The third-order valence-corrected chi connectivity index (χ3v) is 3.02. The van der Waals surface area contributed by atoms with Gasteiger partial charge in [-0.15, -0.1) is 11.6 Å². The zero-order valence-electron chi connectivity index (χ0n) is 10.5. The van der Waals surface area contributed by atoms with E-state index < -0.39 is 0 Å². The van der Waals surface area contributed by atoms with E-state index in [1.54, 1.807) is 12.1 Å². The van der Waals surface area contributed by atoms with Crippen molar-refractivity contribution in [2.75, 3.05) is 5.88 Å². The summed E-state index contributed by atoms with van der Waals surface area (Å²) in [5.74, 6) is 0.126. The Balaban J connectivity index is 2.11. The van der Waals surface area contributed by atoms with Crippen LogP contribution in [0.5, 0.6) is 0 Å².